The quantitative estimate of drug-likeness (QED) is 0.570. The van der Waals surface area contributed by atoms with E-state index in [9.17, 15) is 14.4 Å². The van der Waals surface area contributed by atoms with Gasteiger partial charge in [-0.15, -0.1) is 0 Å². The molecule has 0 aliphatic carbocycles. The van der Waals surface area contributed by atoms with Crippen molar-refractivity contribution >= 4 is 29.0 Å². The fourth-order valence-electron chi connectivity index (χ4n) is 5.28. The van der Waals surface area contributed by atoms with Crippen LogP contribution in [0.2, 0.25) is 0 Å². The van der Waals surface area contributed by atoms with Crippen molar-refractivity contribution in [3.05, 3.63) is 59.7 Å². The van der Waals surface area contributed by atoms with Gasteiger partial charge in [0.2, 0.25) is 11.8 Å². The van der Waals surface area contributed by atoms with Crippen LogP contribution in [0.25, 0.3) is 0 Å². The number of nitrogens with zero attached hydrogens (tertiary/aromatic N) is 3. The number of hydrogen-bond acceptors (Lipinski definition) is 5. The third-order valence-electron chi connectivity index (χ3n) is 7.56. The number of aryl methyl sites for hydroxylation is 1. The lowest BCUT2D eigenvalue weighted by molar-refractivity contribution is -0.121. The molecule has 2 saturated heterocycles. The lowest BCUT2D eigenvalue weighted by Crippen LogP contribution is -2.45. The average Bonchev–Trinajstić information content (AvgIpc) is 3.35. The zero-order chi connectivity index (χ0) is 25.7. The summed E-state index contributed by atoms with van der Waals surface area (Å²) in [4.78, 5) is 43.0. The molecule has 2 amide bonds. The number of hydrogen-bond donors (Lipinski definition) is 1. The molecule has 2 heterocycles. The van der Waals surface area contributed by atoms with Crippen molar-refractivity contribution in [2.75, 3.05) is 43.0 Å². The molecule has 36 heavy (non-hydrogen) atoms. The van der Waals surface area contributed by atoms with Crippen LogP contribution >= 0.6 is 0 Å². The maximum atomic E-state index is 12.5. The fourth-order valence-corrected chi connectivity index (χ4v) is 5.28. The zero-order valence-electron chi connectivity index (χ0n) is 21.7. The minimum Gasteiger partial charge on any atom is -0.371 e. The zero-order valence-corrected chi connectivity index (χ0v) is 21.7. The van der Waals surface area contributed by atoms with Crippen LogP contribution in [0.3, 0.4) is 0 Å². The van der Waals surface area contributed by atoms with E-state index in [2.05, 4.69) is 27.2 Å². The molecule has 0 radical (unpaired) electrons. The largest absolute Gasteiger partial charge is 0.371 e. The highest BCUT2D eigenvalue weighted by Crippen LogP contribution is 2.27. The molecule has 7 heteroatoms. The molecular weight excluding hydrogens is 452 g/mol. The van der Waals surface area contributed by atoms with Crippen LogP contribution in [0.5, 0.6) is 0 Å². The molecule has 0 bridgehead atoms. The molecule has 0 saturated carbocycles. The van der Waals surface area contributed by atoms with Gasteiger partial charge in [0.15, 0.2) is 5.78 Å². The number of amides is 2. The summed E-state index contributed by atoms with van der Waals surface area (Å²) in [7, 11) is 1.79. The van der Waals surface area contributed by atoms with E-state index in [1.165, 1.54) is 5.69 Å². The molecule has 192 valence electrons. The van der Waals surface area contributed by atoms with Gasteiger partial charge in [0, 0.05) is 82.0 Å². The SMILES string of the molecule is CC(=O)N(C)c1ccc(N2CCC(N3CC[C@@H](NC(=O)CCC(=O)c4cccc(C)c4)C3)CC2)cc1. The number of Topliss-reactive ketones (excluding diaryl/α,β-unsaturated/α-hetero) is 1. The molecule has 2 fully saturated rings. The van der Waals surface area contributed by atoms with Crippen LogP contribution in [0.15, 0.2) is 48.5 Å². The minimum atomic E-state index is -0.0310. The van der Waals surface area contributed by atoms with E-state index in [0.717, 1.165) is 56.7 Å². The first-order valence-electron chi connectivity index (χ1n) is 13.0. The molecule has 1 N–H and O–H groups in total. The Bertz CT molecular complexity index is 1080. The van der Waals surface area contributed by atoms with E-state index >= 15 is 0 Å². The number of carbonyl (C=O) groups is 3. The summed E-state index contributed by atoms with van der Waals surface area (Å²) < 4.78 is 0. The smallest absolute Gasteiger partial charge is 0.223 e. The summed E-state index contributed by atoms with van der Waals surface area (Å²) in [5.74, 6) is 0.0186. The van der Waals surface area contributed by atoms with Crippen molar-refractivity contribution in [2.45, 2.75) is 58.0 Å². The second kappa shape index (κ2) is 11.7. The molecule has 2 aliphatic rings. The maximum Gasteiger partial charge on any atom is 0.223 e. The number of likely N-dealkylation sites (tertiary alicyclic amines) is 1. The first-order valence-corrected chi connectivity index (χ1v) is 13.0. The summed E-state index contributed by atoms with van der Waals surface area (Å²) in [6.45, 7) is 7.42. The summed E-state index contributed by atoms with van der Waals surface area (Å²) in [5, 5.41) is 3.15. The Morgan fingerprint density at radius 1 is 0.972 bits per heavy atom. The third kappa shape index (κ3) is 6.52. The van der Waals surface area contributed by atoms with Gasteiger partial charge >= 0.3 is 0 Å². The normalized spacial score (nSPS) is 18.8. The van der Waals surface area contributed by atoms with Gasteiger partial charge in [-0.3, -0.25) is 19.3 Å². The van der Waals surface area contributed by atoms with Crippen LogP contribution in [-0.2, 0) is 9.59 Å². The second-order valence-electron chi connectivity index (χ2n) is 10.2. The number of rotatable bonds is 8. The van der Waals surface area contributed by atoms with E-state index in [-0.39, 0.29) is 36.5 Å². The lowest BCUT2D eigenvalue weighted by Gasteiger charge is -2.38. The first-order chi connectivity index (χ1) is 17.3. The number of piperidine rings is 1. The van der Waals surface area contributed by atoms with E-state index in [4.69, 9.17) is 0 Å². The summed E-state index contributed by atoms with van der Waals surface area (Å²) in [6, 6.07) is 16.4. The summed E-state index contributed by atoms with van der Waals surface area (Å²) in [6.07, 6.45) is 3.64. The Kier molecular flexibility index (Phi) is 8.41. The van der Waals surface area contributed by atoms with Gasteiger partial charge in [-0.2, -0.15) is 0 Å². The molecular formula is C29H38N4O3. The molecule has 0 aromatic heterocycles. The Balaban J connectivity index is 1.18. The highest BCUT2D eigenvalue weighted by atomic mass is 16.2. The van der Waals surface area contributed by atoms with Crippen LogP contribution in [-0.4, -0.2) is 67.8 Å². The van der Waals surface area contributed by atoms with E-state index < -0.39 is 0 Å². The number of carbonyl (C=O) groups excluding carboxylic acids is 3. The molecule has 4 rings (SSSR count). The van der Waals surface area contributed by atoms with Crippen molar-refractivity contribution in [1.82, 2.24) is 10.2 Å². The Morgan fingerprint density at radius 2 is 1.69 bits per heavy atom. The number of benzene rings is 2. The van der Waals surface area contributed by atoms with Crippen LogP contribution < -0.4 is 15.1 Å². The highest BCUT2D eigenvalue weighted by molar-refractivity contribution is 5.98. The fraction of sp³-hybridized carbons (Fsp3) is 0.483. The van der Waals surface area contributed by atoms with Crippen LogP contribution in [0.4, 0.5) is 11.4 Å². The van der Waals surface area contributed by atoms with Crippen molar-refractivity contribution in [3.63, 3.8) is 0 Å². The predicted molar refractivity (Wildman–Crippen MR) is 144 cm³/mol. The molecule has 7 nitrogen and oxygen atoms in total. The Hall–Kier alpha value is -3.19. The molecule has 1 atom stereocenters. The average molecular weight is 491 g/mol. The Morgan fingerprint density at radius 3 is 2.36 bits per heavy atom. The summed E-state index contributed by atoms with van der Waals surface area (Å²) in [5.41, 5.74) is 3.84. The van der Waals surface area contributed by atoms with Crippen molar-refractivity contribution in [2.24, 2.45) is 0 Å². The van der Waals surface area contributed by atoms with E-state index in [1.54, 1.807) is 18.9 Å². The minimum absolute atomic E-state index is 0.0224. The van der Waals surface area contributed by atoms with Crippen LogP contribution in [0.1, 0.15) is 54.9 Å². The van der Waals surface area contributed by atoms with Crippen molar-refractivity contribution < 1.29 is 14.4 Å². The second-order valence-corrected chi connectivity index (χ2v) is 10.2. The van der Waals surface area contributed by atoms with E-state index in [1.807, 2.05) is 43.3 Å². The van der Waals surface area contributed by atoms with Gasteiger partial charge in [-0.1, -0.05) is 23.8 Å². The van der Waals surface area contributed by atoms with Gasteiger partial charge in [0.05, 0.1) is 0 Å². The Labute approximate surface area is 214 Å². The molecule has 0 spiro atoms. The van der Waals surface area contributed by atoms with Gasteiger partial charge in [-0.25, -0.2) is 0 Å². The topological polar surface area (TPSA) is 73.0 Å². The van der Waals surface area contributed by atoms with E-state index in [0.29, 0.717) is 11.6 Å². The highest BCUT2D eigenvalue weighted by Gasteiger charge is 2.31. The number of nitrogens with one attached hydrogen (secondary N) is 1. The monoisotopic (exact) mass is 490 g/mol. The molecule has 2 aromatic rings. The standard InChI is InChI=1S/C29H38N4O3/c1-21-5-4-6-23(19-21)28(35)11-12-29(36)30-24-13-16-33(20-24)27-14-17-32(18-15-27)26-9-7-25(8-10-26)31(3)22(2)34/h4-10,19,24,27H,11-18,20H2,1-3H3,(H,30,36)/t24-/m1/s1. The molecule has 2 aromatic carbocycles. The van der Waals surface area contributed by atoms with Gasteiger partial charge in [-0.05, 0) is 56.5 Å². The predicted octanol–water partition coefficient (Wildman–Crippen LogP) is 3.80. The van der Waals surface area contributed by atoms with Crippen LogP contribution in [0, 0.1) is 6.92 Å². The molecule has 0 unspecified atom stereocenters. The number of ketones is 1. The number of anilines is 2. The van der Waals surface area contributed by atoms with Crippen molar-refractivity contribution in [1.29, 1.82) is 0 Å². The summed E-state index contributed by atoms with van der Waals surface area (Å²) >= 11 is 0. The first kappa shape index (κ1) is 25.9. The third-order valence-corrected chi connectivity index (χ3v) is 7.56. The molecule has 2 aliphatic heterocycles. The lowest BCUT2D eigenvalue weighted by atomic mass is 10.0. The van der Waals surface area contributed by atoms with Gasteiger partial charge in [0.25, 0.3) is 0 Å². The van der Waals surface area contributed by atoms with Crippen molar-refractivity contribution in [3.8, 4) is 0 Å². The maximum absolute atomic E-state index is 12.5. The van der Waals surface area contributed by atoms with Gasteiger partial charge < -0.3 is 15.1 Å². The van der Waals surface area contributed by atoms with Gasteiger partial charge in [0.1, 0.15) is 0 Å².